The summed E-state index contributed by atoms with van der Waals surface area (Å²) in [5.41, 5.74) is 1.18. The number of rotatable bonds is 6. The van der Waals surface area contributed by atoms with Gasteiger partial charge >= 0.3 is 0 Å². The van der Waals surface area contributed by atoms with E-state index in [1.165, 1.54) is 5.56 Å². The van der Waals surface area contributed by atoms with Gasteiger partial charge in [-0.3, -0.25) is 0 Å². The summed E-state index contributed by atoms with van der Waals surface area (Å²) < 4.78 is 16.8. The molecule has 0 bridgehead atoms. The molecule has 1 heterocycles. The van der Waals surface area contributed by atoms with Gasteiger partial charge in [-0.2, -0.15) is 0 Å². The second-order valence-electron chi connectivity index (χ2n) is 4.87. The van der Waals surface area contributed by atoms with Gasteiger partial charge in [0.15, 0.2) is 11.5 Å². The molecule has 0 spiro atoms. The van der Waals surface area contributed by atoms with Gasteiger partial charge in [-0.05, 0) is 44.5 Å². The molecular formula is C15H23NO3. The van der Waals surface area contributed by atoms with Crippen molar-refractivity contribution >= 4 is 0 Å². The summed E-state index contributed by atoms with van der Waals surface area (Å²) in [7, 11) is 3.61. The number of methoxy groups -OCH3 is 1. The third-order valence-corrected chi connectivity index (χ3v) is 3.57. The monoisotopic (exact) mass is 265 g/mol. The van der Waals surface area contributed by atoms with Crippen molar-refractivity contribution in [3.05, 3.63) is 23.8 Å². The second kappa shape index (κ2) is 6.78. The van der Waals surface area contributed by atoms with Gasteiger partial charge in [0.05, 0.1) is 13.2 Å². The molecular weight excluding hydrogens is 242 g/mol. The minimum absolute atomic E-state index is 0.223. The van der Waals surface area contributed by atoms with E-state index in [9.17, 15) is 0 Å². The van der Waals surface area contributed by atoms with Crippen LogP contribution in [-0.4, -0.2) is 33.5 Å². The first-order valence-corrected chi connectivity index (χ1v) is 6.84. The van der Waals surface area contributed by atoms with Crippen molar-refractivity contribution in [3.8, 4) is 11.5 Å². The molecule has 106 valence electrons. The molecule has 0 saturated carbocycles. The predicted octanol–water partition coefficient (Wildman–Crippen LogP) is 2.53. The lowest BCUT2D eigenvalue weighted by Gasteiger charge is -2.17. The summed E-state index contributed by atoms with van der Waals surface area (Å²) in [5.74, 6) is 1.56. The highest BCUT2D eigenvalue weighted by Crippen LogP contribution is 2.30. The molecule has 2 unspecified atom stereocenters. The Hall–Kier alpha value is -1.26. The van der Waals surface area contributed by atoms with Crippen LogP contribution in [0.5, 0.6) is 11.5 Å². The van der Waals surface area contributed by atoms with Crippen molar-refractivity contribution in [1.29, 1.82) is 0 Å². The molecule has 1 saturated heterocycles. The lowest BCUT2D eigenvalue weighted by Crippen LogP contribution is -2.17. The smallest absolute Gasteiger partial charge is 0.161 e. The Kier molecular flexibility index (Phi) is 5.05. The lowest BCUT2D eigenvalue weighted by atomic mass is 10.1. The zero-order valence-corrected chi connectivity index (χ0v) is 11.9. The third-order valence-electron chi connectivity index (χ3n) is 3.57. The van der Waals surface area contributed by atoms with Crippen LogP contribution < -0.4 is 14.8 Å². The van der Waals surface area contributed by atoms with Crippen LogP contribution in [0.2, 0.25) is 0 Å². The zero-order valence-electron chi connectivity index (χ0n) is 11.9. The summed E-state index contributed by atoms with van der Waals surface area (Å²) in [6.45, 7) is 3.56. The molecule has 2 rings (SSSR count). The first-order valence-electron chi connectivity index (χ1n) is 6.84. The maximum absolute atomic E-state index is 5.81. The van der Waals surface area contributed by atoms with Gasteiger partial charge in [0, 0.05) is 12.6 Å². The van der Waals surface area contributed by atoms with Gasteiger partial charge in [-0.15, -0.1) is 0 Å². The highest BCUT2D eigenvalue weighted by atomic mass is 16.5. The summed E-state index contributed by atoms with van der Waals surface area (Å²) in [5, 5.41) is 3.21. The molecule has 0 radical (unpaired) electrons. The quantitative estimate of drug-likeness (QED) is 0.858. The summed E-state index contributed by atoms with van der Waals surface area (Å²) >= 11 is 0. The highest BCUT2D eigenvalue weighted by Gasteiger charge is 2.17. The second-order valence-corrected chi connectivity index (χ2v) is 4.87. The van der Waals surface area contributed by atoms with E-state index >= 15 is 0 Å². The molecule has 1 fully saturated rings. The molecule has 0 aromatic heterocycles. The van der Waals surface area contributed by atoms with Crippen LogP contribution in [0, 0.1) is 0 Å². The van der Waals surface area contributed by atoms with Crippen molar-refractivity contribution in [2.45, 2.75) is 31.9 Å². The molecule has 4 heteroatoms. The number of hydrogen-bond donors (Lipinski definition) is 1. The topological polar surface area (TPSA) is 39.7 Å². The van der Waals surface area contributed by atoms with Gasteiger partial charge in [-0.25, -0.2) is 0 Å². The first kappa shape index (κ1) is 14.2. The summed E-state index contributed by atoms with van der Waals surface area (Å²) in [4.78, 5) is 0. The van der Waals surface area contributed by atoms with Crippen LogP contribution >= 0.6 is 0 Å². The Morgan fingerprint density at radius 2 is 2.26 bits per heavy atom. The van der Waals surface area contributed by atoms with E-state index in [-0.39, 0.29) is 6.10 Å². The van der Waals surface area contributed by atoms with Crippen molar-refractivity contribution in [1.82, 2.24) is 5.32 Å². The summed E-state index contributed by atoms with van der Waals surface area (Å²) in [6, 6.07) is 6.35. The van der Waals surface area contributed by atoms with Crippen LogP contribution in [0.3, 0.4) is 0 Å². The molecule has 2 atom stereocenters. The minimum Gasteiger partial charge on any atom is -0.493 e. The molecule has 1 aliphatic heterocycles. The number of nitrogens with one attached hydrogen (secondary N) is 1. The van der Waals surface area contributed by atoms with E-state index in [0.29, 0.717) is 12.6 Å². The van der Waals surface area contributed by atoms with Crippen molar-refractivity contribution in [2.75, 3.05) is 27.4 Å². The van der Waals surface area contributed by atoms with E-state index in [2.05, 4.69) is 18.3 Å². The maximum Gasteiger partial charge on any atom is 0.161 e. The summed E-state index contributed by atoms with van der Waals surface area (Å²) in [6.07, 6.45) is 2.43. The first-order chi connectivity index (χ1) is 9.24. The lowest BCUT2D eigenvalue weighted by molar-refractivity contribution is 0.0669. The number of hydrogen-bond acceptors (Lipinski definition) is 4. The molecule has 4 nitrogen and oxygen atoms in total. The Morgan fingerprint density at radius 1 is 1.42 bits per heavy atom. The van der Waals surface area contributed by atoms with Gasteiger partial charge < -0.3 is 19.5 Å². The molecule has 19 heavy (non-hydrogen) atoms. The Balaban J connectivity index is 2.02. The van der Waals surface area contributed by atoms with Crippen LogP contribution in [0.25, 0.3) is 0 Å². The highest BCUT2D eigenvalue weighted by molar-refractivity contribution is 5.43. The maximum atomic E-state index is 5.81. The van der Waals surface area contributed by atoms with Crippen molar-refractivity contribution < 1.29 is 14.2 Å². The number of benzene rings is 1. The Bertz CT molecular complexity index is 402. The fourth-order valence-electron chi connectivity index (χ4n) is 2.20. The largest absolute Gasteiger partial charge is 0.493 e. The normalized spacial score (nSPS) is 20.3. The standard InChI is InChI=1S/C15H23NO3/c1-11(16-2)12-6-7-14(15(9-12)17-3)19-10-13-5-4-8-18-13/h6-7,9,11,13,16H,4-5,8,10H2,1-3H3. The van der Waals surface area contributed by atoms with Gasteiger partial charge in [-0.1, -0.05) is 6.07 Å². The van der Waals surface area contributed by atoms with E-state index in [4.69, 9.17) is 14.2 Å². The van der Waals surface area contributed by atoms with Crippen LogP contribution in [-0.2, 0) is 4.74 Å². The van der Waals surface area contributed by atoms with Gasteiger partial charge in [0.2, 0.25) is 0 Å². The van der Waals surface area contributed by atoms with E-state index in [1.807, 2.05) is 19.2 Å². The van der Waals surface area contributed by atoms with Crippen molar-refractivity contribution in [2.24, 2.45) is 0 Å². The molecule has 1 aliphatic rings. The Morgan fingerprint density at radius 3 is 2.89 bits per heavy atom. The molecule has 1 N–H and O–H groups in total. The average Bonchev–Trinajstić information content (AvgIpc) is 2.97. The van der Waals surface area contributed by atoms with E-state index in [1.54, 1.807) is 7.11 Å². The number of ether oxygens (including phenoxy) is 3. The minimum atomic E-state index is 0.223. The molecule has 0 amide bonds. The van der Waals surface area contributed by atoms with Gasteiger partial charge in [0.25, 0.3) is 0 Å². The van der Waals surface area contributed by atoms with Gasteiger partial charge in [0.1, 0.15) is 6.61 Å². The SMILES string of the molecule is CNC(C)c1ccc(OCC2CCCO2)c(OC)c1. The van der Waals surface area contributed by atoms with Crippen LogP contribution in [0.4, 0.5) is 0 Å². The predicted molar refractivity (Wildman–Crippen MR) is 74.9 cm³/mol. The third kappa shape index (κ3) is 3.61. The zero-order chi connectivity index (χ0) is 13.7. The van der Waals surface area contributed by atoms with E-state index < -0.39 is 0 Å². The molecule has 0 aliphatic carbocycles. The molecule has 1 aromatic rings. The van der Waals surface area contributed by atoms with Crippen LogP contribution in [0.15, 0.2) is 18.2 Å². The average molecular weight is 265 g/mol. The Labute approximate surface area is 115 Å². The fraction of sp³-hybridized carbons (Fsp3) is 0.600. The van der Waals surface area contributed by atoms with E-state index in [0.717, 1.165) is 30.9 Å². The fourth-order valence-corrected chi connectivity index (χ4v) is 2.20. The molecule has 1 aromatic carbocycles. The van der Waals surface area contributed by atoms with Crippen LogP contribution in [0.1, 0.15) is 31.4 Å². The van der Waals surface area contributed by atoms with Crippen molar-refractivity contribution in [3.63, 3.8) is 0 Å².